The van der Waals surface area contributed by atoms with Gasteiger partial charge in [0.25, 0.3) is 5.56 Å². The molecule has 0 radical (unpaired) electrons. The lowest BCUT2D eigenvalue weighted by Crippen LogP contribution is -2.21. The summed E-state index contributed by atoms with van der Waals surface area (Å²) in [7, 11) is 1.60. The van der Waals surface area contributed by atoms with E-state index in [9.17, 15) is 9.59 Å². The van der Waals surface area contributed by atoms with Gasteiger partial charge < -0.3 is 10.6 Å². The third kappa shape index (κ3) is 4.66. The van der Waals surface area contributed by atoms with E-state index in [1.165, 1.54) is 4.68 Å². The third-order valence-corrected chi connectivity index (χ3v) is 4.02. The highest BCUT2D eigenvalue weighted by atomic mass is 79.9. The number of halogens is 1. The van der Waals surface area contributed by atoms with Gasteiger partial charge in [0, 0.05) is 25.7 Å². The van der Waals surface area contributed by atoms with Gasteiger partial charge in [0.2, 0.25) is 5.91 Å². The van der Waals surface area contributed by atoms with Crippen LogP contribution in [0.15, 0.2) is 39.7 Å². The van der Waals surface area contributed by atoms with Gasteiger partial charge >= 0.3 is 0 Å². The molecule has 0 spiro atoms. The van der Waals surface area contributed by atoms with Crippen LogP contribution in [0, 0.1) is 0 Å². The Hall–Kier alpha value is -2.15. The molecule has 7 heteroatoms. The van der Waals surface area contributed by atoms with Gasteiger partial charge in [-0.05, 0) is 40.0 Å². The van der Waals surface area contributed by atoms with Crippen LogP contribution in [0.3, 0.4) is 0 Å². The van der Waals surface area contributed by atoms with Crippen molar-refractivity contribution in [1.29, 1.82) is 0 Å². The summed E-state index contributed by atoms with van der Waals surface area (Å²) in [5.74, 6) is 0.0103. The molecule has 0 aliphatic heterocycles. The minimum Gasteiger partial charge on any atom is -0.379 e. The molecule has 0 aliphatic carbocycles. The van der Waals surface area contributed by atoms with E-state index in [2.05, 4.69) is 31.7 Å². The summed E-state index contributed by atoms with van der Waals surface area (Å²) < 4.78 is 1.71. The molecule has 2 aromatic rings. The van der Waals surface area contributed by atoms with Gasteiger partial charge in [-0.15, -0.1) is 0 Å². The fraction of sp³-hybridized carbons (Fsp3) is 0.312. The highest BCUT2D eigenvalue weighted by Gasteiger charge is 2.07. The van der Waals surface area contributed by atoms with Gasteiger partial charge in [-0.2, -0.15) is 5.10 Å². The Morgan fingerprint density at radius 2 is 2.17 bits per heavy atom. The van der Waals surface area contributed by atoms with Crippen molar-refractivity contribution in [3.05, 3.63) is 50.9 Å². The lowest BCUT2D eigenvalue weighted by Gasteiger charge is -2.10. The first-order valence-corrected chi connectivity index (χ1v) is 8.15. The number of carbonyl (C=O) groups excluding carboxylic acids is 1. The van der Waals surface area contributed by atoms with E-state index in [0.717, 1.165) is 17.7 Å². The van der Waals surface area contributed by atoms with Crippen LogP contribution in [-0.4, -0.2) is 15.7 Å². The zero-order valence-electron chi connectivity index (χ0n) is 13.1. The maximum absolute atomic E-state index is 11.8. The van der Waals surface area contributed by atoms with Crippen molar-refractivity contribution in [1.82, 2.24) is 9.78 Å². The third-order valence-electron chi connectivity index (χ3n) is 3.25. The number of aromatic nitrogens is 2. The predicted octanol–water partition coefficient (Wildman–Crippen LogP) is 2.89. The average molecular weight is 379 g/mol. The van der Waals surface area contributed by atoms with Gasteiger partial charge in [-0.1, -0.05) is 19.1 Å². The van der Waals surface area contributed by atoms with Crippen molar-refractivity contribution in [2.24, 2.45) is 7.05 Å². The van der Waals surface area contributed by atoms with E-state index in [1.54, 1.807) is 13.2 Å². The van der Waals surface area contributed by atoms with Crippen LogP contribution < -0.4 is 16.2 Å². The van der Waals surface area contributed by atoms with Crippen LogP contribution in [0.25, 0.3) is 0 Å². The quantitative estimate of drug-likeness (QED) is 0.809. The van der Waals surface area contributed by atoms with Crippen molar-refractivity contribution in [2.75, 3.05) is 10.6 Å². The minimum absolute atomic E-state index is 0.0103. The number of nitrogens with one attached hydrogen (secondary N) is 2. The van der Waals surface area contributed by atoms with E-state index >= 15 is 0 Å². The molecule has 0 aliphatic rings. The maximum Gasteiger partial charge on any atom is 0.282 e. The highest BCUT2D eigenvalue weighted by Crippen LogP contribution is 2.18. The molecule has 1 aromatic heterocycles. The SMILES string of the molecule is CCCC(=O)Nc1cccc(CNc2cnn(C)c(=O)c2Br)c1. The Bertz CT molecular complexity index is 758. The second-order valence-electron chi connectivity index (χ2n) is 5.15. The van der Waals surface area contributed by atoms with Crippen molar-refractivity contribution in [3.63, 3.8) is 0 Å². The molecule has 0 saturated heterocycles. The standard InChI is InChI=1S/C16H19BrN4O2/c1-3-5-14(22)20-12-7-4-6-11(8-12)9-18-13-10-19-21(2)16(23)15(13)17/h4,6-8,10,18H,3,5,9H2,1-2H3,(H,20,22). The van der Waals surface area contributed by atoms with E-state index < -0.39 is 0 Å². The molecule has 0 fully saturated rings. The largest absolute Gasteiger partial charge is 0.379 e. The Kier molecular flexibility index (Phi) is 5.92. The predicted molar refractivity (Wildman–Crippen MR) is 94.5 cm³/mol. The summed E-state index contributed by atoms with van der Waals surface area (Å²) in [5, 5.41) is 10.0. The number of nitrogens with zero attached hydrogens (tertiary/aromatic N) is 2. The summed E-state index contributed by atoms with van der Waals surface area (Å²) in [6.45, 7) is 2.49. The second-order valence-corrected chi connectivity index (χ2v) is 5.95. The van der Waals surface area contributed by atoms with Crippen LogP contribution in [0.1, 0.15) is 25.3 Å². The van der Waals surface area contributed by atoms with E-state index in [1.807, 2.05) is 31.2 Å². The Morgan fingerprint density at radius 3 is 2.91 bits per heavy atom. The molecular weight excluding hydrogens is 360 g/mol. The highest BCUT2D eigenvalue weighted by molar-refractivity contribution is 9.10. The van der Waals surface area contributed by atoms with Crippen molar-refractivity contribution < 1.29 is 4.79 Å². The molecular formula is C16H19BrN4O2. The smallest absolute Gasteiger partial charge is 0.282 e. The summed E-state index contributed by atoms with van der Waals surface area (Å²) >= 11 is 3.28. The molecule has 6 nitrogen and oxygen atoms in total. The number of benzene rings is 1. The van der Waals surface area contributed by atoms with Crippen LogP contribution in [0.2, 0.25) is 0 Å². The molecule has 1 heterocycles. The average Bonchev–Trinajstić information content (AvgIpc) is 2.52. The molecule has 122 valence electrons. The molecule has 23 heavy (non-hydrogen) atoms. The second kappa shape index (κ2) is 7.92. The molecule has 1 amide bonds. The van der Waals surface area contributed by atoms with Crippen LogP contribution in [0.5, 0.6) is 0 Å². The Labute approximate surface area is 143 Å². The number of anilines is 2. The monoisotopic (exact) mass is 378 g/mol. The first kappa shape index (κ1) is 17.2. The topological polar surface area (TPSA) is 76.0 Å². The van der Waals surface area contributed by atoms with Gasteiger partial charge in [0.15, 0.2) is 0 Å². The number of hydrogen-bond acceptors (Lipinski definition) is 4. The molecule has 0 bridgehead atoms. The van der Waals surface area contributed by atoms with Crippen molar-refractivity contribution in [2.45, 2.75) is 26.3 Å². The number of hydrogen-bond donors (Lipinski definition) is 2. The number of carbonyl (C=O) groups is 1. The zero-order chi connectivity index (χ0) is 16.8. The fourth-order valence-electron chi connectivity index (χ4n) is 2.04. The summed E-state index contributed by atoms with van der Waals surface area (Å²) in [6.07, 6.45) is 2.92. The summed E-state index contributed by atoms with van der Waals surface area (Å²) in [6, 6.07) is 7.59. The van der Waals surface area contributed by atoms with Crippen LogP contribution >= 0.6 is 15.9 Å². The van der Waals surface area contributed by atoms with Crippen LogP contribution in [-0.2, 0) is 18.4 Å². The molecule has 0 saturated carbocycles. The maximum atomic E-state index is 11.8. The number of amides is 1. The van der Waals surface area contributed by atoms with Gasteiger partial charge in [0.1, 0.15) is 4.47 Å². The lowest BCUT2D eigenvalue weighted by atomic mass is 10.2. The van der Waals surface area contributed by atoms with E-state index in [-0.39, 0.29) is 11.5 Å². The van der Waals surface area contributed by atoms with Gasteiger partial charge in [0.05, 0.1) is 11.9 Å². The van der Waals surface area contributed by atoms with Crippen molar-refractivity contribution >= 4 is 33.2 Å². The molecule has 1 aromatic carbocycles. The molecule has 2 rings (SSSR count). The molecule has 0 unspecified atom stereocenters. The Balaban J connectivity index is 2.05. The molecule has 2 N–H and O–H groups in total. The fourth-order valence-corrected chi connectivity index (χ4v) is 2.54. The van der Waals surface area contributed by atoms with Crippen molar-refractivity contribution in [3.8, 4) is 0 Å². The van der Waals surface area contributed by atoms with Gasteiger partial charge in [-0.3, -0.25) is 9.59 Å². The number of aryl methyl sites for hydroxylation is 1. The first-order chi connectivity index (χ1) is 11.0. The van der Waals surface area contributed by atoms with Gasteiger partial charge in [-0.25, -0.2) is 4.68 Å². The van der Waals surface area contributed by atoms with E-state index in [0.29, 0.717) is 23.1 Å². The van der Waals surface area contributed by atoms with Crippen LogP contribution in [0.4, 0.5) is 11.4 Å². The summed E-state index contributed by atoms with van der Waals surface area (Å²) in [4.78, 5) is 23.4. The molecule has 0 atom stereocenters. The minimum atomic E-state index is -0.199. The first-order valence-electron chi connectivity index (χ1n) is 7.35. The number of rotatable bonds is 6. The zero-order valence-corrected chi connectivity index (χ0v) is 14.7. The normalized spacial score (nSPS) is 10.4. The Morgan fingerprint density at radius 1 is 1.39 bits per heavy atom. The lowest BCUT2D eigenvalue weighted by molar-refractivity contribution is -0.116. The van der Waals surface area contributed by atoms with E-state index in [4.69, 9.17) is 0 Å². The summed E-state index contributed by atoms with van der Waals surface area (Å²) in [5.41, 5.74) is 2.19.